The Hall–Kier alpha value is -3.11. The van der Waals surface area contributed by atoms with Gasteiger partial charge in [-0.3, -0.25) is 4.79 Å². The zero-order chi connectivity index (χ0) is 19.4. The Morgan fingerprint density at radius 1 is 1.19 bits per heavy atom. The number of hydrogen-bond acceptors (Lipinski definition) is 5. The molecule has 1 heterocycles. The summed E-state index contributed by atoms with van der Waals surface area (Å²) in [6.45, 7) is 1.93. The molecule has 0 aliphatic rings. The average Bonchev–Trinajstić information content (AvgIpc) is 2.68. The van der Waals surface area contributed by atoms with Crippen LogP contribution in [0.2, 0.25) is 0 Å². The number of methoxy groups -OCH3 is 1. The molecule has 27 heavy (non-hydrogen) atoms. The molecular formula is C20H16FN3O2S. The summed E-state index contributed by atoms with van der Waals surface area (Å²) in [5, 5.41) is 9.69. The lowest BCUT2D eigenvalue weighted by atomic mass is 10.1. The fourth-order valence-corrected chi connectivity index (χ4v) is 3.46. The van der Waals surface area contributed by atoms with Crippen LogP contribution >= 0.6 is 11.8 Å². The molecule has 3 aromatic rings. The highest BCUT2D eigenvalue weighted by Crippen LogP contribution is 2.33. The van der Waals surface area contributed by atoms with E-state index in [1.54, 1.807) is 43.5 Å². The van der Waals surface area contributed by atoms with Gasteiger partial charge < -0.3 is 9.72 Å². The smallest absolute Gasteiger partial charge is 0.270 e. The number of halogens is 1. The Bertz CT molecular complexity index is 1040. The molecule has 5 nitrogen and oxygen atoms in total. The van der Waals surface area contributed by atoms with Gasteiger partial charge in [-0.25, -0.2) is 9.37 Å². The normalized spacial score (nSPS) is 11.6. The maximum Gasteiger partial charge on any atom is 0.270 e. The van der Waals surface area contributed by atoms with E-state index in [2.05, 4.69) is 9.97 Å². The molecule has 1 aromatic heterocycles. The Kier molecular flexibility index (Phi) is 5.57. The summed E-state index contributed by atoms with van der Waals surface area (Å²) in [5.41, 5.74) is 1.33. The van der Waals surface area contributed by atoms with Gasteiger partial charge in [-0.15, -0.1) is 0 Å². The quantitative estimate of drug-likeness (QED) is 0.526. The lowest BCUT2D eigenvalue weighted by Crippen LogP contribution is -2.15. The summed E-state index contributed by atoms with van der Waals surface area (Å²) in [4.78, 5) is 19.5. The van der Waals surface area contributed by atoms with Crippen molar-refractivity contribution in [3.8, 4) is 23.1 Å². The fourth-order valence-electron chi connectivity index (χ4n) is 2.54. The van der Waals surface area contributed by atoms with Crippen molar-refractivity contribution in [2.75, 3.05) is 7.11 Å². The monoisotopic (exact) mass is 381 g/mol. The van der Waals surface area contributed by atoms with Gasteiger partial charge in [-0.05, 0) is 48.9 Å². The van der Waals surface area contributed by atoms with E-state index in [1.165, 1.54) is 23.9 Å². The summed E-state index contributed by atoms with van der Waals surface area (Å²) >= 11 is 1.33. The SMILES string of the molecule is COc1ccc(-c2nc(SC(C)c3ccc(F)cc3)[nH]c(=O)c2C#N)cc1. The molecule has 1 N–H and O–H groups in total. The van der Waals surface area contributed by atoms with E-state index in [9.17, 15) is 14.4 Å². The summed E-state index contributed by atoms with van der Waals surface area (Å²) in [6.07, 6.45) is 0. The number of nitrogens with one attached hydrogen (secondary N) is 1. The molecule has 136 valence electrons. The number of H-pyrrole nitrogens is 1. The van der Waals surface area contributed by atoms with Crippen molar-refractivity contribution in [3.63, 3.8) is 0 Å². The van der Waals surface area contributed by atoms with Crippen LogP contribution in [0.4, 0.5) is 4.39 Å². The lowest BCUT2D eigenvalue weighted by Gasteiger charge is -2.12. The summed E-state index contributed by atoms with van der Waals surface area (Å²) in [5.74, 6) is 0.365. The van der Waals surface area contributed by atoms with Crippen molar-refractivity contribution in [2.24, 2.45) is 0 Å². The predicted octanol–water partition coefficient (Wildman–Crippen LogP) is 4.31. The Morgan fingerprint density at radius 3 is 2.44 bits per heavy atom. The largest absolute Gasteiger partial charge is 0.497 e. The number of aromatic nitrogens is 2. The summed E-state index contributed by atoms with van der Waals surface area (Å²) < 4.78 is 18.2. The van der Waals surface area contributed by atoms with Gasteiger partial charge in [0, 0.05) is 10.8 Å². The van der Waals surface area contributed by atoms with E-state index < -0.39 is 5.56 Å². The minimum absolute atomic E-state index is 0.0426. The molecule has 1 unspecified atom stereocenters. The third-order valence-corrected chi connectivity index (χ3v) is 5.04. The molecule has 3 rings (SSSR count). The minimum atomic E-state index is -0.493. The van der Waals surface area contributed by atoms with E-state index in [0.29, 0.717) is 22.2 Å². The second-order valence-electron chi connectivity index (χ2n) is 5.75. The fraction of sp³-hybridized carbons (Fsp3) is 0.150. The van der Waals surface area contributed by atoms with Crippen LogP contribution in [0.5, 0.6) is 5.75 Å². The number of thioether (sulfide) groups is 1. The summed E-state index contributed by atoms with van der Waals surface area (Å²) in [6, 6.07) is 15.1. The van der Waals surface area contributed by atoms with Gasteiger partial charge >= 0.3 is 0 Å². The second kappa shape index (κ2) is 8.06. The number of aromatic amines is 1. The number of nitrogens with zero attached hydrogens (tertiary/aromatic N) is 2. The molecule has 0 amide bonds. The molecule has 0 bridgehead atoms. The van der Waals surface area contributed by atoms with Crippen molar-refractivity contribution >= 4 is 11.8 Å². The van der Waals surface area contributed by atoms with Crippen LogP contribution < -0.4 is 10.3 Å². The number of benzene rings is 2. The zero-order valence-corrected chi connectivity index (χ0v) is 15.5. The maximum atomic E-state index is 13.1. The highest BCUT2D eigenvalue weighted by atomic mass is 32.2. The standard InChI is InChI=1S/C20H16FN3O2S/c1-12(13-3-7-15(21)8-4-13)27-20-23-18(17(11-22)19(25)24-20)14-5-9-16(26-2)10-6-14/h3-10,12H,1-2H3,(H,23,24,25). The number of nitriles is 1. The molecule has 0 fully saturated rings. The first-order valence-electron chi connectivity index (χ1n) is 8.12. The molecule has 0 aliphatic heterocycles. The van der Waals surface area contributed by atoms with Crippen LogP contribution in [0.1, 0.15) is 23.3 Å². The first-order chi connectivity index (χ1) is 13.0. The van der Waals surface area contributed by atoms with Gasteiger partial charge in [-0.1, -0.05) is 23.9 Å². The van der Waals surface area contributed by atoms with Gasteiger partial charge in [0.15, 0.2) is 5.16 Å². The number of ether oxygens (including phenoxy) is 1. The third-order valence-electron chi connectivity index (χ3n) is 4.00. The molecule has 1 atom stereocenters. The van der Waals surface area contributed by atoms with Gasteiger partial charge in [0.25, 0.3) is 5.56 Å². The van der Waals surface area contributed by atoms with Crippen molar-refractivity contribution in [1.82, 2.24) is 9.97 Å². The van der Waals surface area contributed by atoms with Crippen LogP contribution in [0, 0.1) is 17.1 Å². The van der Waals surface area contributed by atoms with Crippen molar-refractivity contribution in [3.05, 3.63) is 75.8 Å². The van der Waals surface area contributed by atoms with E-state index in [-0.39, 0.29) is 16.6 Å². The van der Waals surface area contributed by atoms with Gasteiger partial charge in [0.05, 0.1) is 12.8 Å². The molecule has 7 heteroatoms. The van der Waals surface area contributed by atoms with Gasteiger partial charge in [-0.2, -0.15) is 5.26 Å². The molecule has 2 aromatic carbocycles. The summed E-state index contributed by atoms with van der Waals surface area (Å²) in [7, 11) is 1.56. The first-order valence-corrected chi connectivity index (χ1v) is 9.00. The van der Waals surface area contributed by atoms with Crippen molar-refractivity contribution in [1.29, 1.82) is 5.26 Å². The minimum Gasteiger partial charge on any atom is -0.497 e. The number of hydrogen-bond donors (Lipinski definition) is 1. The van der Waals surface area contributed by atoms with Crippen molar-refractivity contribution in [2.45, 2.75) is 17.3 Å². The van der Waals surface area contributed by atoms with Crippen LogP contribution in [0.25, 0.3) is 11.3 Å². The molecule has 0 radical (unpaired) electrons. The lowest BCUT2D eigenvalue weighted by molar-refractivity contribution is 0.415. The molecule has 0 saturated carbocycles. The number of rotatable bonds is 5. The first kappa shape index (κ1) is 18.7. The Labute approximate surface area is 159 Å². The van der Waals surface area contributed by atoms with Gasteiger partial charge in [0.1, 0.15) is 23.2 Å². The maximum absolute atomic E-state index is 13.1. The molecule has 0 spiro atoms. The van der Waals surface area contributed by atoms with Crippen molar-refractivity contribution < 1.29 is 9.13 Å². The zero-order valence-electron chi connectivity index (χ0n) is 14.7. The predicted molar refractivity (Wildman–Crippen MR) is 102 cm³/mol. The van der Waals surface area contributed by atoms with Crippen LogP contribution in [0.3, 0.4) is 0 Å². The van der Waals surface area contributed by atoms with Crippen LogP contribution in [-0.2, 0) is 0 Å². The molecular weight excluding hydrogens is 365 g/mol. The molecule has 0 saturated heterocycles. The highest BCUT2D eigenvalue weighted by Gasteiger charge is 2.16. The Balaban J connectivity index is 1.97. The molecule has 0 aliphatic carbocycles. The third kappa shape index (κ3) is 4.18. The van der Waals surface area contributed by atoms with Crippen LogP contribution in [-0.4, -0.2) is 17.1 Å². The van der Waals surface area contributed by atoms with E-state index in [0.717, 1.165) is 5.56 Å². The van der Waals surface area contributed by atoms with Crippen LogP contribution in [0.15, 0.2) is 58.5 Å². The second-order valence-corrected chi connectivity index (χ2v) is 7.08. The van der Waals surface area contributed by atoms with Gasteiger partial charge in [0.2, 0.25) is 0 Å². The highest BCUT2D eigenvalue weighted by molar-refractivity contribution is 7.99. The Morgan fingerprint density at radius 2 is 1.85 bits per heavy atom. The van der Waals surface area contributed by atoms with E-state index in [1.807, 2.05) is 13.0 Å². The van der Waals surface area contributed by atoms with E-state index in [4.69, 9.17) is 4.74 Å². The van der Waals surface area contributed by atoms with E-state index >= 15 is 0 Å². The average molecular weight is 381 g/mol. The topological polar surface area (TPSA) is 78.8 Å².